The summed E-state index contributed by atoms with van der Waals surface area (Å²) in [5.74, 6) is 3.58. The van der Waals surface area contributed by atoms with Crippen LogP contribution in [0.25, 0.3) is 0 Å². The van der Waals surface area contributed by atoms with Crippen molar-refractivity contribution >= 4 is 10.1 Å². The molecule has 0 aromatic heterocycles. The number of hydrogen-bond acceptors (Lipinski definition) is 2. The molecule has 0 saturated carbocycles. The predicted octanol–water partition coefficient (Wildman–Crippen LogP) is 7.19. The van der Waals surface area contributed by atoms with Crippen LogP contribution in [0.15, 0.2) is 29.2 Å². The molecule has 0 aliphatic heterocycles. The zero-order chi connectivity index (χ0) is 21.5. The van der Waals surface area contributed by atoms with E-state index >= 15 is 0 Å². The minimum Gasteiger partial charge on any atom is -0.282 e. The van der Waals surface area contributed by atoms with Crippen LogP contribution >= 0.6 is 0 Å². The minimum atomic E-state index is -4.17. The van der Waals surface area contributed by atoms with Crippen LogP contribution in [0.3, 0.4) is 0 Å². The van der Waals surface area contributed by atoms with Gasteiger partial charge in [0.2, 0.25) is 0 Å². The van der Waals surface area contributed by atoms with Gasteiger partial charge in [0.1, 0.15) is 0 Å². The van der Waals surface area contributed by atoms with Crippen molar-refractivity contribution in [2.24, 2.45) is 29.6 Å². The Hall–Kier alpha value is -0.870. The Balaban J connectivity index is 2.57. The lowest BCUT2D eigenvalue weighted by molar-refractivity contribution is 0.282. The van der Waals surface area contributed by atoms with Crippen LogP contribution in [0.4, 0.5) is 0 Å². The maximum absolute atomic E-state index is 11.7. The summed E-state index contributed by atoms with van der Waals surface area (Å²) >= 11 is 0. The highest BCUT2D eigenvalue weighted by molar-refractivity contribution is 7.85. The van der Waals surface area contributed by atoms with Crippen molar-refractivity contribution in [1.82, 2.24) is 0 Å². The van der Waals surface area contributed by atoms with Gasteiger partial charge in [-0.3, -0.25) is 4.55 Å². The van der Waals surface area contributed by atoms with Crippen LogP contribution < -0.4 is 0 Å². The van der Waals surface area contributed by atoms with Gasteiger partial charge in [0.05, 0.1) is 4.90 Å². The van der Waals surface area contributed by atoms with Gasteiger partial charge in [-0.05, 0) is 79.2 Å². The van der Waals surface area contributed by atoms with Crippen LogP contribution in [0.2, 0.25) is 0 Å². The second-order valence-corrected chi connectivity index (χ2v) is 11.3. The van der Waals surface area contributed by atoms with E-state index in [0.29, 0.717) is 11.8 Å². The summed E-state index contributed by atoms with van der Waals surface area (Å²) in [5.41, 5.74) is 0.723. The number of benzene rings is 1. The maximum atomic E-state index is 11.7. The normalized spacial score (nSPS) is 17.9. The van der Waals surface area contributed by atoms with Gasteiger partial charge in [-0.1, -0.05) is 66.7 Å². The second kappa shape index (κ2) is 11.3. The molecule has 0 aliphatic rings. The van der Waals surface area contributed by atoms with Crippen molar-refractivity contribution in [3.8, 4) is 0 Å². The highest BCUT2D eigenvalue weighted by atomic mass is 32.2. The zero-order valence-electron chi connectivity index (χ0n) is 19.0. The molecular formula is C24H42O3S. The van der Waals surface area contributed by atoms with Gasteiger partial charge in [-0.2, -0.15) is 8.42 Å². The molecule has 4 heteroatoms. The van der Waals surface area contributed by atoms with E-state index in [2.05, 4.69) is 48.5 Å². The molecule has 1 rings (SSSR count). The Morgan fingerprint density at radius 2 is 1.14 bits per heavy atom. The molecule has 0 aliphatic carbocycles. The highest BCUT2D eigenvalue weighted by Gasteiger charge is 2.22. The van der Waals surface area contributed by atoms with Crippen molar-refractivity contribution < 1.29 is 13.0 Å². The monoisotopic (exact) mass is 410 g/mol. The SMILES string of the molecule is CC(C)CC(C)CC(C)CC(C)CC(C)CC(C)c1ccccc1S(=O)(=O)O. The summed E-state index contributed by atoms with van der Waals surface area (Å²) in [4.78, 5) is 0.0514. The van der Waals surface area contributed by atoms with Crippen molar-refractivity contribution in [2.75, 3.05) is 0 Å². The van der Waals surface area contributed by atoms with E-state index in [1.807, 2.05) is 12.1 Å². The van der Waals surface area contributed by atoms with Crippen LogP contribution in [0.5, 0.6) is 0 Å². The molecular weight excluding hydrogens is 368 g/mol. The molecule has 0 amide bonds. The molecule has 1 N–H and O–H groups in total. The fraction of sp³-hybridized carbons (Fsp3) is 0.750. The van der Waals surface area contributed by atoms with Crippen LogP contribution in [0.1, 0.15) is 92.1 Å². The lowest BCUT2D eigenvalue weighted by Gasteiger charge is -2.25. The van der Waals surface area contributed by atoms with E-state index in [1.165, 1.54) is 25.3 Å². The number of hydrogen-bond donors (Lipinski definition) is 1. The van der Waals surface area contributed by atoms with E-state index in [1.54, 1.807) is 6.07 Å². The summed E-state index contributed by atoms with van der Waals surface area (Å²) in [6.45, 7) is 16.0. The van der Waals surface area contributed by atoms with Gasteiger partial charge in [0.25, 0.3) is 10.1 Å². The van der Waals surface area contributed by atoms with Crippen molar-refractivity contribution in [3.63, 3.8) is 0 Å². The molecule has 5 unspecified atom stereocenters. The first-order valence-electron chi connectivity index (χ1n) is 11.0. The average molecular weight is 411 g/mol. The van der Waals surface area contributed by atoms with Crippen molar-refractivity contribution in [1.29, 1.82) is 0 Å². The van der Waals surface area contributed by atoms with Gasteiger partial charge in [-0.15, -0.1) is 0 Å². The maximum Gasteiger partial charge on any atom is 0.294 e. The van der Waals surface area contributed by atoms with Crippen LogP contribution in [0, 0.1) is 29.6 Å². The molecule has 0 heterocycles. The van der Waals surface area contributed by atoms with Gasteiger partial charge in [0.15, 0.2) is 0 Å². The standard InChI is InChI=1S/C24H42O3S/c1-17(2)12-18(3)13-19(4)14-20(5)15-21(6)16-22(7)23-10-8-9-11-24(23)28(25,26)27/h8-11,17-22H,12-16H2,1-7H3,(H,25,26,27). The van der Waals surface area contributed by atoms with E-state index < -0.39 is 10.1 Å². The second-order valence-electron chi connectivity index (χ2n) is 9.91. The molecule has 28 heavy (non-hydrogen) atoms. The Morgan fingerprint density at radius 3 is 1.61 bits per heavy atom. The summed E-state index contributed by atoms with van der Waals surface area (Å²) in [5, 5.41) is 0. The highest BCUT2D eigenvalue weighted by Crippen LogP contribution is 2.32. The smallest absolute Gasteiger partial charge is 0.282 e. The summed E-state index contributed by atoms with van der Waals surface area (Å²) in [7, 11) is -4.17. The third-order valence-electron chi connectivity index (χ3n) is 5.77. The predicted molar refractivity (Wildman–Crippen MR) is 119 cm³/mol. The molecule has 0 spiro atoms. The molecule has 1 aromatic carbocycles. The fourth-order valence-electron chi connectivity index (χ4n) is 5.10. The molecule has 0 bridgehead atoms. The van der Waals surface area contributed by atoms with Gasteiger partial charge in [0, 0.05) is 0 Å². The summed E-state index contributed by atoms with van der Waals surface area (Å²) in [6.07, 6.45) is 5.94. The Bertz CT molecular complexity index is 681. The first-order valence-corrected chi connectivity index (χ1v) is 12.4. The third-order valence-corrected chi connectivity index (χ3v) is 6.70. The zero-order valence-corrected chi connectivity index (χ0v) is 19.8. The van der Waals surface area contributed by atoms with Crippen LogP contribution in [-0.2, 0) is 10.1 Å². The van der Waals surface area contributed by atoms with E-state index in [0.717, 1.165) is 36.2 Å². The third kappa shape index (κ3) is 9.09. The van der Waals surface area contributed by atoms with E-state index in [9.17, 15) is 13.0 Å². The lowest BCUT2D eigenvalue weighted by Crippen LogP contribution is -2.13. The quantitative estimate of drug-likeness (QED) is 0.371. The van der Waals surface area contributed by atoms with Crippen molar-refractivity contribution in [3.05, 3.63) is 29.8 Å². The fourth-order valence-corrected chi connectivity index (χ4v) is 5.92. The van der Waals surface area contributed by atoms with Crippen molar-refractivity contribution in [2.45, 2.75) is 91.4 Å². The van der Waals surface area contributed by atoms with E-state index in [-0.39, 0.29) is 10.8 Å². The van der Waals surface area contributed by atoms with Gasteiger partial charge < -0.3 is 0 Å². The molecule has 0 fully saturated rings. The Kier molecular flexibility index (Phi) is 10.2. The molecule has 5 atom stereocenters. The molecule has 162 valence electrons. The van der Waals surface area contributed by atoms with Crippen LogP contribution in [-0.4, -0.2) is 13.0 Å². The molecule has 0 radical (unpaired) electrons. The first-order chi connectivity index (χ1) is 12.9. The Morgan fingerprint density at radius 1 is 0.714 bits per heavy atom. The minimum absolute atomic E-state index is 0.0514. The average Bonchev–Trinajstić information content (AvgIpc) is 2.52. The number of rotatable bonds is 12. The largest absolute Gasteiger partial charge is 0.294 e. The molecule has 0 saturated heterocycles. The molecule has 3 nitrogen and oxygen atoms in total. The van der Waals surface area contributed by atoms with Gasteiger partial charge in [-0.25, -0.2) is 0 Å². The van der Waals surface area contributed by atoms with Gasteiger partial charge >= 0.3 is 0 Å². The first kappa shape index (κ1) is 25.2. The lowest BCUT2D eigenvalue weighted by atomic mass is 9.81. The Labute approximate surface area is 174 Å². The summed E-state index contributed by atoms with van der Waals surface area (Å²) < 4.78 is 32.8. The topological polar surface area (TPSA) is 54.4 Å². The summed E-state index contributed by atoms with van der Waals surface area (Å²) in [6, 6.07) is 6.82. The molecule has 1 aromatic rings. The van der Waals surface area contributed by atoms with E-state index in [4.69, 9.17) is 0 Å².